The molecule has 0 spiro atoms. The molecule has 1 saturated carbocycles. The largest absolute Gasteiger partial charge is 0.376 e. The second-order valence-corrected chi connectivity index (χ2v) is 6.44. The van der Waals surface area contributed by atoms with E-state index in [1.807, 2.05) is 6.07 Å². The van der Waals surface area contributed by atoms with E-state index in [4.69, 9.17) is 33.7 Å². The fourth-order valence-corrected chi connectivity index (χ4v) is 3.52. The molecule has 2 fully saturated rings. The summed E-state index contributed by atoms with van der Waals surface area (Å²) in [6.07, 6.45) is 3.72. The van der Waals surface area contributed by atoms with Gasteiger partial charge in [0.15, 0.2) is 0 Å². The van der Waals surface area contributed by atoms with Crippen LogP contribution in [0, 0.1) is 5.92 Å². The number of aromatic nitrogens is 2. The van der Waals surface area contributed by atoms with Gasteiger partial charge in [0.2, 0.25) is 5.95 Å². The van der Waals surface area contributed by atoms with Gasteiger partial charge in [0.25, 0.3) is 0 Å². The number of anilines is 1. The smallest absolute Gasteiger partial charge is 0.201 e. The predicted molar refractivity (Wildman–Crippen MR) is 80.3 cm³/mol. The van der Waals surface area contributed by atoms with Crippen molar-refractivity contribution in [1.29, 1.82) is 0 Å². The SMILES string of the molecule is Nc1nc2cc(Cl)c(Cl)cc2n1C1CCOC1C1CC1. The zero-order valence-electron chi connectivity index (χ0n) is 10.9. The van der Waals surface area contributed by atoms with Gasteiger partial charge in [-0.25, -0.2) is 4.98 Å². The zero-order valence-corrected chi connectivity index (χ0v) is 12.4. The van der Waals surface area contributed by atoms with E-state index in [-0.39, 0.29) is 12.1 Å². The van der Waals surface area contributed by atoms with Gasteiger partial charge < -0.3 is 15.0 Å². The van der Waals surface area contributed by atoms with Crippen LogP contribution in [0.4, 0.5) is 5.95 Å². The molecule has 20 heavy (non-hydrogen) atoms. The van der Waals surface area contributed by atoms with Gasteiger partial charge in [-0.1, -0.05) is 23.2 Å². The third-order valence-electron chi connectivity index (χ3n) is 4.28. The molecule has 2 N–H and O–H groups in total. The number of benzene rings is 1. The highest BCUT2D eigenvalue weighted by molar-refractivity contribution is 6.42. The maximum absolute atomic E-state index is 6.14. The van der Waals surface area contributed by atoms with Crippen LogP contribution in [0.15, 0.2) is 12.1 Å². The Morgan fingerprint density at radius 1 is 1.20 bits per heavy atom. The number of nitrogen functional groups attached to an aromatic ring is 1. The van der Waals surface area contributed by atoms with E-state index in [2.05, 4.69) is 9.55 Å². The van der Waals surface area contributed by atoms with Gasteiger partial charge in [-0.05, 0) is 37.3 Å². The van der Waals surface area contributed by atoms with Crippen molar-refractivity contribution in [3.8, 4) is 0 Å². The molecule has 4 nitrogen and oxygen atoms in total. The minimum absolute atomic E-state index is 0.254. The monoisotopic (exact) mass is 311 g/mol. The van der Waals surface area contributed by atoms with Crippen LogP contribution in [0.3, 0.4) is 0 Å². The van der Waals surface area contributed by atoms with E-state index in [0.717, 1.165) is 24.1 Å². The van der Waals surface area contributed by atoms with Crippen LogP contribution in [0.1, 0.15) is 25.3 Å². The Morgan fingerprint density at radius 2 is 1.95 bits per heavy atom. The maximum atomic E-state index is 6.14. The van der Waals surface area contributed by atoms with Gasteiger partial charge in [-0.2, -0.15) is 0 Å². The van der Waals surface area contributed by atoms with E-state index in [1.54, 1.807) is 6.07 Å². The minimum Gasteiger partial charge on any atom is -0.376 e. The standard InChI is InChI=1S/C14H15Cl2N3O/c15-8-5-10-12(6-9(8)16)19(14(17)18-10)11-3-4-20-13(11)7-1-2-7/h5-7,11,13H,1-4H2,(H2,17,18). The van der Waals surface area contributed by atoms with E-state index >= 15 is 0 Å². The summed E-state index contributed by atoms with van der Waals surface area (Å²) in [5, 5.41) is 1.03. The second kappa shape index (κ2) is 4.52. The molecule has 1 aliphatic heterocycles. The Labute approximate surface area is 126 Å². The summed E-state index contributed by atoms with van der Waals surface area (Å²) in [6, 6.07) is 3.88. The summed E-state index contributed by atoms with van der Waals surface area (Å²) in [5.74, 6) is 1.18. The van der Waals surface area contributed by atoms with Crippen molar-refractivity contribution >= 4 is 40.2 Å². The Kier molecular flexibility index (Phi) is 2.88. The van der Waals surface area contributed by atoms with Gasteiger partial charge in [0, 0.05) is 6.61 Å². The highest BCUT2D eigenvalue weighted by atomic mass is 35.5. The quantitative estimate of drug-likeness (QED) is 0.920. The number of fused-ring (bicyclic) bond motifs is 1. The number of ether oxygens (including phenoxy) is 1. The predicted octanol–water partition coefficient (Wildman–Crippen LogP) is 3.67. The molecule has 2 atom stereocenters. The van der Waals surface area contributed by atoms with E-state index < -0.39 is 0 Å². The van der Waals surface area contributed by atoms with Crippen LogP contribution in [0.5, 0.6) is 0 Å². The Balaban J connectivity index is 1.86. The lowest BCUT2D eigenvalue weighted by atomic mass is 10.1. The topological polar surface area (TPSA) is 53.1 Å². The fraction of sp³-hybridized carbons (Fsp3) is 0.500. The lowest BCUT2D eigenvalue weighted by molar-refractivity contribution is 0.0762. The first-order chi connectivity index (χ1) is 9.65. The fourth-order valence-electron chi connectivity index (χ4n) is 3.21. The van der Waals surface area contributed by atoms with Crippen molar-refractivity contribution in [3.63, 3.8) is 0 Å². The van der Waals surface area contributed by atoms with Crippen molar-refractivity contribution in [2.45, 2.75) is 31.4 Å². The molecule has 1 aromatic carbocycles. The van der Waals surface area contributed by atoms with E-state index in [0.29, 0.717) is 21.9 Å². The van der Waals surface area contributed by atoms with E-state index in [9.17, 15) is 0 Å². The molecular weight excluding hydrogens is 297 g/mol. The average molecular weight is 312 g/mol. The first-order valence-electron chi connectivity index (χ1n) is 6.89. The molecule has 2 aliphatic rings. The number of nitrogens with zero attached hydrogens (tertiary/aromatic N) is 2. The molecule has 4 rings (SSSR count). The zero-order chi connectivity index (χ0) is 13.9. The molecule has 1 aliphatic carbocycles. The van der Waals surface area contributed by atoms with E-state index in [1.165, 1.54) is 12.8 Å². The van der Waals surface area contributed by atoms with Crippen LogP contribution in [-0.4, -0.2) is 22.3 Å². The number of halogens is 2. The van der Waals surface area contributed by atoms with Gasteiger partial charge in [-0.15, -0.1) is 0 Å². The molecule has 0 amide bonds. The molecule has 106 valence electrons. The first kappa shape index (κ1) is 12.7. The van der Waals surface area contributed by atoms with Crippen LogP contribution in [-0.2, 0) is 4.74 Å². The molecule has 0 bridgehead atoms. The van der Waals surface area contributed by atoms with Crippen molar-refractivity contribution in [3.05, 3.63) is 22.2 Å². The summed E-state index contributed by atoms with van der Waals surface area (Å²) < 4.78 is 7.98. The number of nitrogens with two attached hydrogens (primary N) is 1. The first-order valence-corrected chi connectivity index (χ1v) is 7.65. The van der Waals surface area contributed by atoms with Crippen molar-refractivity contribution in [1.82, 2.24) is 9.55 Å². The third kappa shape index (κ3) is 1.90. The molecule has 2 heterocycles. The van der Waals surface area contributed by atoms with Gasteiger partial charge in [0.1, 0.15) is 0 Å². The molecular formula is C14H15Cl2N3O. The maximum Gasteiger partial charge on any atom is 0.201 e. The second-order valence-electron chi connectivity index (χ2n) is 5.62. The average Bonchev–Trinajstić information content (AvgIpc) is 3.06. The van der Waals surface area contributed by atoms with Crippen LogP contribution >= 0.6 is 23.2 Å². The molecule has 1 saturated heterocycles. The van der Waals surface area contributed by atoms with Crippen molar-refractivity contribution in [2.24, 2.45) is 5.92 Å². The van der Waals surface area contributed by atoms with Crippen molar-refractivity contribution in [2.75, 3.05) is 12.3 Å². The normalized spacial score (nSPS) is 26.5. The van der Waals surface area contributed by atoms with Crippen LogP contribution < -0.4 is 5.73 Å². The van der Waals surface area contributed by atoms with Gasteiger partial charge in [-0.3, -0.25) is 0 Å². The lowest BCUT2D eigenvalue weighted by Gasteiger charge is -2.21. The summed E-state index contributed by atoms with van der Waals surface area (Å²) >= 11 is 12.2. The van der Waals surface area contributed by atoms with Gasteiger partial charge in [0.05, 0.1) is 33.2 Å². The number of hydrogen-bond acceptors (Lipinski definition) is 3. The molecule has 6 heteroatoms. The molecule has 2 unspecified atom stereocenters. The molecule has 2 aromatic rings. The van der Waals surface area contributed by atoms with Gasteiger partial charge >= 0.3 is 0 Å². The Bertz CT molecular complexity index is 681. The number of rotatable bonds is 2. The summed E-state index contributed by atoms with van der Waals surface area (Å²) in [7, 11) is 0. The number of hydrogen-bond donors (Lipinski definition) is 1. The van der Waals surface area contributed by atoms with Crippen molar-refractivity contribution < 1.29 is 4.74 Å². The minimum atomic E-state index is 0.254. The third-order valence-corrected chi connectivity index (χ3v) is 5.00. The summed E-state index contributed by atoms with van der Waals surface area (Å²) in [4.78, 5) is 4.42. The Morgan fingerprint density at radius 3 is 2.70 bits per heavy atom. The number of imidazole rings is 1. The summed E-state index contributed by atoms with van der Waals surface area (Å²) in [5.41, 5.74) is 7.86. The van der Waals surface area contributed by atoms with Crippen LogP contribution in [0.2, 0.25) is 10.0 Å². The molecule has 0 radical (unpaired) electrons. The summed E-state index contributed by atoms with van der Waals surface area (Å²) in [6.45, 7) is 0.784. The Hall–Kier alpha value is -0.970. The van der Waals surface area contributed by atoms with Crippen LogP contribution in [0.25, 0.3) is 11.0 Å². The highest BCUT2D eigenvalue weighted by Gasteiger charge is 2.42. The lowest BCUT2D eigenvalue weighted by Crippen LogP contribution is -2.23. The highest BCUT2D eigenvalue weighted by Crippen LogP contribution is 2.45. The molecule has 1 aromatic heterocycles.